The Hall–Kier alpha value is -1.56. The second kappa shape index (κ2) is 10.8. The molecule has 0 saturated carbocycles. The average molecular weight is 424 g/mol. The summed E-state index contributed by atoms with van der Waals surface area (Å²) in [5.41, 5.74) is 2.99. The molecule has 0 saturated heterocycles. The van der Waals surface area contributed by atoms with E-state index in [4.69, 9.17) is 27.9 Å². The number of aryl methyl sites for hydroxylation is 1. The zero-order chi connectivity index (χ0) is 19.8. The zero-order valence-corrected chi connectivity index (χ0v) is 17.5. The molecule has 1 aliphatic heterocycles. The summed E-state index contributed by atoms with van der Waals surface area (Å²) in [5, 5.41) is 7.68. The SMILES string of the molecule is O=C1CCc2ccc(OCCCCNCCN=C3CCCC(Cl)=C3Cl)cc2N1. The Morgan fingerprint density at radius 1 is 1.11 bits per heavy atom. The quantitative estimate of drug-likeness (QED) is 0.568. The maximum Gasteiger partial charge on any atom is 0.224 e. The van der Waals surface area contributed by atoms with Crippen LogP contribution in [0, 0.1) is 0 Å². The highest BCUT2D eigenvalue weighted by Gasteiger charge is 2.16. The molecule has 0 radical (unpaired) electrons. The van der Waals surface area contributed by atoms with Crippen molar-refractivity contribution >= 4 is 40.5 Å². The third-order valence-corrected chi connectivity index (χ3v) is 5.81. The minimum Gasteiger partial charge on any atom is -0.494 e. The van der Waals surface area contributed by atoms with Crippen molar-refractivity contribution in [3.63, 3.8) is 0 Å². The van der Waals surface area contributed by atoms with Crippen LogP contribution in [-0.4, -0.2) is 37.9 Å². The van der Waals surface area contributed by atoms with Crippen molar-refractivity contribution < 1.29 is 9.53 Å². The molecule has 0 aromatic heterocycles. The lowest BCUT2D eigenvalue weighted by atomic mass is 10.0. The first-order valence-corrected chi connectivity index (χ1v) is 10.7. The van der Waals surface area contributed by atoms with Crippen molar-refractivity contribution in [3.8, 4) is 5.75 Å². The molecule has 0 unspecified atom stereocenters. The van der Waals surface area contributed by atoms with Gasteiger partial charge in [-0.2, -0.15) is 0 Å². The molecule has 2 N–H and O–H groups in total. The number of benzene rings is 1. The minimum absolute atomic E-state index is 0.0748. The Balaban J connectivity index is 1.26. The number of allylic oxidation sites excluding steroid dienone is 2. The Labute approximate surface area is 176 Å². The van der Waals surface area contributed by atoms with Crippen molar-refractivity contribution in [3.05, 3.63) is 33.8 Å². The lowest BCUT2D eigenvalue weighted by Crippen LogP contribution is -2.20. The van der Waals surface area contributed by atoms with Gasteiger partial charge in [-0.3, -0.25) is 9.79 Å². The van der Waals surface area contributed by atoms with E-state index in [0.29, 0.717) is 24.6 Å². The van der Waals surface area contributed by atoms with Crippen LogP contribution in [0.1, 0.15) is 44.1 Å². The number of aliphatic imine (C=N–C) groups is 1. The van der Waals surface area contributed by atoms with Crippen molar-refractivity contribution in [2.45, 2.75) is 44.9 Å². The number of unbranched alkanes of at least 4 members (excludes halogenated alkanes) is 1. The van der Waals surface area contributed by atoms with E-state index < -0.39 is 0 Å². The average Bonchev–Trinajstić information content (AvgIpc) is 2.69. The van der Waals surface area contributed by atoms with Crippen LogP contribution in [0.4, 0.5) is 5.69 Å². The number of anilines is 1. The number of fused-ring (bicyclic) bond motifs is 1. The number of carbonyl (C=O) groups excluding carboxylic acids is 1. The maximum absolute atomic E-state index is 11.5. The number of carbonyl (C=O) groups is 1. The van der Waals surface area contributed by atoms with E-state index in [1.807, 2.05) is 18.2 Å². The van der Waals surface area contributed by atoms with Crippen LogP contribution in [0.15, 0.2) is 33.3 Å². The Kier molecular flexibility index (Phi) is 8.19. The molecule has 5 nitrogen and oxygen atoms in total. The van der Waals surface area contributed by atoms with E-state index in [1.54, 1.807) is 0 Å². The number of hydrogen-bond acceptors (Lipinski definition) is 4. The number of halogens is 2. The van der Waals surface area contributed by atoms with E-state index in [2.05, 4.69) is 15.6 Å². The summed E-state index contributed by atoms with van der Waals surface area (Å²) >= 11 is 12.3. The molecule has 1 aromatic carbocycles. The van der Waals surface area contributed by atoms with Gasteiger partial charge >= 0.3 is 0 Å². The molecule has 1 heterocycles. The Morgan fingerprint density at radius 3 is 2.89 bits per heavy atom. The van der Waals surface area contributed by atoms with Crippen LogP contribution in [0.5, 0.6) is 5.75 Å². The van der Waals surface area contributed by atoms with Crippen LogP contribution in [0.25, 0.3) is 0 Å². The third-order valence-electron chi connectivity index (χ3n) is 4.89. The van der Waals surface area contributed by atoms with Crippen molar-refractivity contribution in [1.82, 2.24) is 5.32 Å². The molecule has 1 aliphatic carbocycles. The van der Waals surface area contributed by atoms with E-state index in [9.17, 15) is 4.79 Å². The van der Waals surface area contributed by atoms with E-state index in [0.717, 1.165) is 73.8 Å². The van der Waals surface area contributed by atoms with E-state index in [-0.39, 0.29) is 5.91 Å². The smallest absolute Gasteiger partial charge is 0.224 e. The first kappa shape index (κ1) is 21.2. The zero-order valence-electron chi connectivity index (χ0n) is 16.0. The number of rotatable bonds is 9. The first-order valence-electron chi connectivity index (χ1n) is 9.97. The fraction of sp³-hybridized carbons (Fsp3) is 0.524. The van der Waals surface area contributed by atoms with Gasteiger partial charge < -0.3 is 15.4 Å². The van der Waals surface area contributed by atoms with Crippen LogP contribution in [0.2, 0.25) is 0 Å². The van der Waals surface area contributed by atoms with Gasteiger partial charge in [-0.1, -0.05) is 29.3 Å². The van der Waals surface area contributed by atoms with E-state index in [1.165, 1.54) is 5.56 Å². The van der Waals surface area contributed by atoms with Gasteiger partial charge in [-0.25, -0.2) is 0 Å². The molecule has 1 aromatic rings. The lowest BCUT2D eigenvalue weighted by Gasteiger charge is -2.17. The second-order valence-electron chi connectivity index (χ2n) is 7.07. The molecule has 0 bridgehead atoms. The molecule has 152 valence electrons. The van der Waals surface area contributed by atoms with Gasteiger partial charge in [0.2, 0.25) is 5.91 Å². The molecule has 28 heavy (non-hydrogen) atoms. The summed E-state index contributed by atoms with van der Waals surface area (Å²) in [7, 11) is 0. The highest BCUT2D eigenvalue weighted by molar-refractivity contribution is 6.49. The minimum atomic E-state index is 0.0748. The summed E-state index contributed by atoms with van der Waals surface area (Å²) < 4.78 is 5.80. The standard InChI is InChI=1S/C21H27Cl2N3O2/c22-17-4-3-5-18(21(17)23)25-12-11-24-10-1-2-13-28-16-8-6-15-7-9-20(27)26-19(15)14-16/h6,8,14,24H,1-5,7,9-13H2,(H,26,27). The monoisotopic (exact) mass is 423 g/mol. The number of ether oxygens (including phenoxy) is 1. The number of nitrogens with zero attached hydrogens (tertiary/aromatic N) is 1. The van der Waals surface area contributed by atoms with Crippen LogP contribution in [0.3, 0.4) is 0 Å². The molecular weight excluding hydrogens is 397 g/mol. The van der Waals surface area contributed by atoms with Gasteiger partial charge in [0.25, 0.3) is 0 Å². The van der Waals surface area contributed by atoms with E-state index >= 15 is 0 Å². The molecule has 1 amide bonds. The van der Waals surface area contributed by atoms with Crippen molar-refractivity contribution in [1.29, 1.82) is 0 Å². The van der Waals surface area contributed by atoms with Gasteiger partial charge in [0.1, 0.15) is 5.75 Å². The van der Waals surface area contributed by atoms with Crippen molar-refractivity contribution in [2.75, 3.05) is 31.6 Å². The van der Waals surface area contributed by atoms with Gasteiger partial charge in [-0.15, -0.1) is 0 Å². The Morgan fingerprint density at radius 2 is 2.00 bits per heavy atom. The fourth-order valence-corrected chi connectivity index (χ4v) is 3.80. The van der Waals surface area contributed by atoms with Crippen molar-refractivity contribution in [2.24, 2.45) is 4.99 Å². The predicted octanol–water partition coefficient (Wildman–Crippen LogP) is 4.63. The van der Waals surface area contributed by atoms with Crippen LogP contribution < -0.4 is 15.4 Å². The molecule has 0 atom stereocenters. The third kappa shape index (κ3) is 6.23. The Bertz CT molecular complexity index is 762. The van der Waals surface area contributed by atoms with Gasteiger partial charge in [0.15, 0.2) is 0 Å². The topological polar surface area (TPSA) is 62.7 Å². The summed E-state index contributed by atoms with van der Waals surface area (Å²) in [6.45, 7) is 3.14. The molecule has 0 spiro atoms. The first-order chi connectivity index (χ1) is 13.6. The number of nitrogens with one attached hydrogen (secondary N) is 2. The number of amides is 1. The molecule has 2 aliphatic rings. The largest absolute Gasteiger partial charge is 0.494 e. The second-order valence-corrected chi connectivity index (χ2v) is 7.91. The summed E-state index contributed by atoms with van der Waals surface area (Å²) in [5.74, 6) is 0.881. The maximum atomic E-state index is 11.5. The highest BCUT2D eigenvalue weighted by Crippen LogP contribution is 2.28. The predicted molar refractivity (Wildman–Crippen MR) is 116 cm³/mol. The summed E-state index contributed by atoms with van der Waals surface area (Å²) in [6.07, 6.45) is 6.16. The summed E-state index contributed by atoms with van der Waals surface area (Å²) in [4.78, 5) is 16.0. The molecular formula is C21H27Cl2N3O2. The summed E-state index contributed by atoms with van der Waals surface area (Å²) in [6, 6.07) is 5.93. The lowest BCUT2D eigenvalue weighted by molar-refractivity contribution is -0.116. The van der Waals surface area contributed by atoms with Gasteiger partial charge in [0.05, 0.1) is 23.9 Å². The van der Waals surface area contributed by atoms with Gasteiger partial charge in [-0.05, 0) is 56.7 Å². The van der Waals surface area contributed by atoms with Crippen LogP contribution >= 0.6 is 23.2 Å². The van der Waals surface area contributed by atoms with Gasteiger partial charge in [0, 0.05) is 29.8 Å². The highest BCUT2D eigenvalue weighted by atomic mass is 35.5. The molecule has 7 heteroatoms. The molecule has 0 fully saturated rings. The molecule has 3 rings (SSSR count). The fourth-order valence-electron chi connectivity index (χ4n) is 3.31. The number of hydrogen-bond donors (Lipinski definition) is 2. The normalized spacial score (nSPS) is 18.2. The van der Waals surface area contributed by atoms with Crippen LogP contribution in [-0.2, 0) is 11.2 Å².